The van der Waals surface area contributed by atoms with E-state index >= 15 is 0 Å². The van der Waals surface area contributed by atoms with Gasteiger partial charge in [0.15, 0.2) is 19.2 Å². The summed E-state index contributed by atoms with van der Waals surface area (Å²) in [6.07, 6.45) is -1.95. The minimum absolute atomic E-state index is 0.0784. The standard InChI is InChI=1S/C18H31N2O6PS3Si/c1-11-9-20(17(23)19-15(11)22)16-13(21)14(26-31(5,6)18(2,3)4)12(25-16)10-24-27(28)29-7-8-30-27/h9,12-14,16,21H,7-8,10H2,1-6H3,(H,19,22,23)/t12-,13-,14?,16-/m1/s1. The van der Waals surface area contributed by atoms with Crippen LogP contribution in [0.4, 0.5) is 0 Å². The van der Waals surface area contributed by atoms with Crippen molar-refractivity contribution in [1.29, 1.82) is 0 Å². The summed E-state index contributed by atoms with van der Waals surface area (Å²) in [6, 6.07) is 0. The van der Waals surface area contributed by atoms with Crippen molar-refractivity contribution in [3.63, 3.8) is 0 Å². The van der Waals surface area contributed by atoms with Crippen molar-refractivity contribution >= 4 is 47.6 Å². The zero-order valence-corrected chi connectivity index (χ0v) is 23.0. The lowest BCUT2D eigenvalue weighted by atomic mass is 10.1. The van der Waals surface area contributed by atoms with Crippen LogP contribution in [0.1, 0.15) is 32.6 Å². The second-order valence-electron chi connectivity index (χ2n) is 9.29. The largest absolute Gasteiger partial charge is 0.408 e. The lowest BCUT2D eigenvalue weighted by Gasteiger charge is -2.40. The Bertz CT molecular complexity index is 968. The number of aliphatic hydroxyl groups is 1. The van der Waals surface area contributed by atoms with Crippen LogP contribution in [0, 0.1) is 6.92 Å². The van der Waals surface area contributed by atoms with Crippen molar-refractivity contribution < 1.29 is 18.8 Å². The molecule has 0 radical (unpaired) electrons. The summed E-state index contributed by atoms with van der Waals surface area (Å²) >= 11 is 9.03. The van der Waals surface area contributed by atoms with Crippen molar-refractivity contribution in [2.75, 3.05) is 18.1 Å². The van der Waals surface area contributed by atoms with Gasteiger partial charge in [-0.25, -0.2) is 4.79 Å². The van der Waals surface area contributed by atoms with E-state index in [-0.39, 0.29) is 11.6 Å². The maximum absolute atomic E-state index is 12.4. The first-order chi connectivity index (χ1) is 14.2. The lowest BCUT2D eigenvalue weighted by Crippen LogP contribution is -2.50. The highest BCUT2D eigenvalue weighted by atomic mass is 33.2. The zero-order valence-electron chi connectivity index (χ0n) is 18.6. The van der Waals surface area contributed by atoms with E-state index in [4.69, 9.17) is 25.5 Å². The van der Waals surface area contributed by atoms with E-state index in [1.807, 2.05) is 0 Å². The number of hydrogen-bond acceptors (Lipinski definition) is 9. The van der Waals surface area contributed by atoms with Gasteiger partial charge in [0.1, 0.15) is 18.3 Å². The molecule has 2 N–H and O–H groups in total. The number of H-pyrrole nitrogens is 1. The number of aromatic amines is 1. The van der Waals surface area contributed by atoms with Gasteiger partial charge in [-0.05, 0) is 36.9 Å². The van der Waals surface area contributed by atoms with Crippen LogP contribution in [0.15, 0.2) is 15.8 Å². The Morgan fingerprint density at radius 3 is 2.55 bits per heavy atom. The van der Waals surface area contributed by atoms with Gasteiger partial charge in [0.05, 0.1) is 6.61 Å². The molecule has 0 aromatic carbocycles. The maximum Gasteiger partial charge on any atom is 0.330 e. The Morgan fingerprint density at radius 1 is 1.35 bits per heavy atom. The van der Waals surface area contributed by atoms with Crippen molar-refractivity contribution in [1.82, 2.24) is 9.55 Å². The minimum Gasteiger partial charge on any atom is -0.408 e. The first kappa shape index (κ1) is 25.7. The first-order valence-corrected chi connectivity index (χ1v) is 18.9. The number of nitrogens with one attached hydrogen (secondary N) is 1. The van der Waals surface area contributed by atoms with Crippen molar-refractivity contribution in [2.45, 2.75) is 70.4 Å². The number of aliphatic hydroxyl groups excluding tert-OH is 1. The topological polar surface area (TPSA) is 103 Å². The molecule has 2 aliphatic heterocycles. The van der Waals surface area contributed by atoms with E-state index in [0.29, 0.717) is 5.56 Å². The summed E-state index contributed by atoms with van der Waals surface area (Å²) < 4.78 is 18.0. The van der Waals surface area contributed by atoms with Crippen LogP contribution in [-0.4, -0.2) is 59.4 Å². The number of nitrogens with zero attached hydrogens (tertiary/aromatic N) is 1. The maximum atomic E-state index is 12.4. The Morgan fingerprint density at radius 2 is 1.97 bits per heavy atom. The van der Waals surface area contributed by atoms with Gasteiger partial charge in [0.25, 0.3) is 5.56 Å². The fourth-order valence-corrected chi connectivity index (χ4v) is 13.3. The normalized spacial score (nSPS) is 28.9. The van der Waals surface area contributed by atoms with E-state index in [1.165, 1.54) is 10.8 Å². The highest BCUT2D eigenvalue weighted by Gasteiger charge is 2.51. The van der Waals surface area contributed by atoms with Crippen molar-refractivity contribution in [3.8, 4) is 0 Å². The zero-order chi connectivity index (χ0) is 23.2. The van der Waals surface area contributed by atoms with Crippen molar-refractivity contribution in [2.24, 2.45) is 0 Å². The minimum atomic E-state index is -2.26. The fourth-order valence-electron chi connectivity index (χ4n) is 3.10. The average Bonchev–Trinajstić information content (AvgIpc) is 3.21. The third-order valence-corrected chi connectivity index (χ3v) is 20.3. The summed E-state index contributed by atoms with van der Waals surface area (Å²) in [4.78, 5) is 26.5. The molecule has 2 aliphatic rings. The molecular formula is C18H31N2O6PS3Si. The van der Waals surface area contributed by atoms with Crippen LogP contribution < -0.4 is 11.2 Å². The van der Waals surface area contributed by atoms with Gasteiger partial charge < -0.3 is 18.8 Å². The third kappa shape index (κ3) is 5.60. The molecule has 176 valence electrons. The molecule has 0 bridgehead atoms. The molecule has 3 heterocycles. The molecule has 2 saturated heterocycles. The predicted molar refractivity (Wildman–Crippen MR) is 133 cm³/mol. The van der Waals surface area contributed by atoms with Crippen LogP contribution in [0.5, 0.6) is 0 Å². The van der Waals surface area contributed by atoms with Gasteiger partial charge >= 0.3 is 5.69 Å². The van der Waals surface area contributed by atoms with E-state index in [0.717, 1.165) is 11.5 Å². The van der Waals surface area contributed by atoms with Crippen molar-refractivity contribution in [3.05, 3.63) is 32.6 Å². The van der Waals surface area contributed by atoms with Gasteiger partial charge in [-0.15, -0.1) is 0 Å². The van der Waals surface area contributed by atoms with E-state index in [2.05, 4.69) is 38.8 Å². The molecule has 0 saturated carbocycles. The molecule has 13 heteroatoms. The van der Waals surface area contributed by atoms with Crippen LogP contribution in [0.3, 0.4) is 0 Å². The first-order valence-electron chi connectivity index (χ1n) is 10.1. The lowest BCUT2D eigenvalue weighted by molar-refractivity contribution is -0.0500. The fraction of sp³-hybridized carbons (Fsp3) is 0.778. The summed E-state index contributed by atoms with van der Waals surface area (Å²) in [5.41, 5.74) is -0.747. The summed E-state index contributed by atoms with van der Waals surface area (Å²) in [5, 5.41) is 11.1. The molecule has 31 heavy (non-hydrogen) atoms. The number of rotatable bonds is 6. The molecule has 2 fully saturated rings. The number of ether oxygens (including phenoxy) is 1. The molecular weight excluding hydrogens is 495 g/mol. The third-order valence-electron chi connectivity index (χ3n) is 5.95. The van der Waals surface area contributed by atoms with E-state index in [9.17, 15) is 14.7 Å². The monoisotopic (exact) mass is 526 g/mol. The van der Waals surface area contributed by atoms with Gasteiger partial charge in [-0.3, -0.25) is 14.3 Å². The Labute approximate surface area is 196 Å². The van der Waals surface area contributed by atoms with E-state index in [1.54, 1.807) is 29.7 Å². The molecule has 3 rings (SSSR count). The summed E-state index contributed by atoms with van der Waals surface area (Å²) in [6.45, 7) is 12.3. The smallest absolute Gasteiger partial charge is 0.330 e. The molecule has 8 nitrogen and oxygen atoms in total. The van der Waals surface area contributed by atoms with Gasteiger partial charge in [0.2, 0.25) is 0 Å². The van der Waals surface area contributed by atoms with Gasteiger partial charge in [-0.2, -0.15) is 0 Å². The number of aromatic nitrogens is 2. The second kappa shape index (κ2) is 9.38. The molecule has 0 aliphatic carbocycles. The average molecular weight is 527 g/mol. The van der Waals surface area contributed by atoms with Crippen LogP contribution in [0.25, 0.3) is 0 Å². The predicted octanol–water partition coefficient (Wildman–Crippen LogP) is 3.21. The molecule has 1 aromatic heterocycles. The SMILES string of the molecule is Cc1cn([C@@H]2O[C@H](COP3(=S)SCCS3)C(O[Si](C)(C)C(C)(C)C)[C@H]2O)c(=O)[nH]c1=O. The number of hydrogen-bond donors (Lipinski definition) is 2. The summed E-state index contributed by atoms with van der Waals surface area (Å²) in [7, 11) is -2.26. The molecule has 0 amide bonds. The van der Waals surface area contributed by atoms with Gasteiger partial charge in [0, 0.05) is 23.3 Å². The quantitative estimate of drug-likeness (QED) is 0.427. The van der Waals surface area contributed by atoms with Crippen LogP contribution in [-0.2, 0) is 25.5 Å². The molecule has 1 unspecified atom stereocenters. The van der Waals surface area contributed by atoms with Crippen LogP contribution >= 0.6 is 27.4 Å². The Kier molecular flexibility index (Phi) is 7.78. The highest BCUT2D eigenvalue weighted by molar-refractivity contribution is 9.00. The Hall–Kier alpha value is 0.0869. The molecule has 0 spiro atoms. The summed E-state index contributed by atoms with van der Waals surface area (Å²) in [5.74, 6) is 1.93. The molecule has 4 atom stereocenters. The molecule has 1 aromatic rings. The van der Waals surface area contributed by atoms with Crippen LogP contribution in [0.2, 0.25) is 18.1 Å². The van der Waals surface area contributed by atoms with E-state index < -0.39 is 48.8 Å². The Balaban J connectivity index is 1.90. The number of aryl methyl sites for hydroxylation is 1. The van der Waals surface area contributed by atoms with Gasteiger partial charge in [-0.1, -0.05) is 43.5 Å². The second-order valence-corrected chi connectivity index (χ2v) is 24.8. The highest BCUT2D eigenvalue weighted by Crippen LogP contribution is 2.74.